The molecule has 3 N–H and O–H groups in total. The molecule has 0 amide bonds. The van der Waals surface area contributed by atoms with Gasteiger partial charge in [0, 0.05) is 5.39 Å². The zero-order valence-electron chi connectivity index (χ0n) is 14.5. The van der Waals surface area contributed by atoms with E-state index < -0.39 is 0 Å². The van der Waals surface area contributed by atoms with Crippen LogP contribution in [-0.2, 0) is 6.42 Å². The normalized spacial score (nSPS) is 16.2. The summed E-state index contributed by atoms with van der Waals surface area (Å²) >= 11 is 1.44. The van der Waals surface area contributed by atoms with Crippen LogP contribution in [-0.4, -0.2) is 16.4 Å². The Morgan fingerprint density at radius 2 is 2.04 bits per heavy atom. The highest BCUT2D eigenvalue weighted by atomic mass is 127. The van der Waals surface area contributed by atoms with Gasteiger partial charge < -0.3 is 11.1 Å². The van der Waals surface area contributed by atoms with Gasteiger partial charge in [-0.05, 0) is 60.6 Å². The summed E-state index contributed by atoms with van der Waals surface area (Å²) in [6.45, 7) is 0. The molecule has 0 spiro atoms. The van der Waals surface area contributed by atoms with Crippen molar-refractivity contribution in [2.24, 2.45) is 10.7 Å². The molecule has 0 aliphatic heterocycles. The van der Waals surface area contributed by atoms with Crippen molar-refractivity contribution in [2.75, 3.05) is 11.6 Å². The smallest absolute Gasteiger partial charge is 0.158 e. The van der Waals surface area contributed by atoms with Gasteiger partial charge in [-0.15, -0.1) is 24.0 Å². The molecule has 3 aromatic rings. The van der Waals surface area contributed by atoms with Crippen molar-refractivity contribution in [3.05, 3.63) is 65.7 Å². The van der Waals surface area contributed by atoms with Gasteiger partial charge in [0.2, 0.25) is 0 Å². The highest BCUT2D eigenvalue weighted by Crippen LogP contribution is 2.33. The van der Waals surface area contributed by atoms with Crippen molar-refractivity contribution in [2.45, 2.75) is 18.9 Å². The number of aliphatic imine (C=N–C) groups is 1. The topological polar surface area (TPSA) is 63.3 Å². The Kier molecular flexibility index (Phi) is 6.03. The third-order valence-corrected chi connectivity index (χ3v) is 5.09. The highest BCUT2D eigenvalue weighted by molar-refractivity contribution is 14.0. The standard InChI is InChI=1S/C20H20N4S.HI/c1-25-20(21)22-15-8-10-17-14(12-15)7-11-19(23-17)24-18-9-6-13-4-2-3-5-16(13)18;/h2-5,7-8,10-12,18H,6,9H2,1H3,(H2,21,22)(H,23,24);1H/t18-;/m1./s1. The van der Waals surface area contributed by atoms with Gasteiger partial charge in [-0.1, -0.05) is 36.0 Å². The summed E-state index contributed by atoms with van der Waals surface area (Å²) in [6, 6.07) is 19.1. The van der Waals surface area contributed by atoms with Crippen LogP contribution in [0.2, 0.25) is 0 Å². The molecule has 0 fully saturated rings. The number of hydrogen-bond acceptors (Lipinski definition) is 4. The molecule has 1 heterocycles. The Morgan fingerprint density at radius 3 is 2.88 bits per heavy atom. The molecule has 1 atom stereocenters. The molecule has 0 saturated heterocycles. The first-order valence-corrected chi connectivity index (χ1v) is 9.59. The van der Waals surface area contributed by atoms with Crippen LogP contribution in [0.1, 0.15) is 23.6 Å². The number of anilines is 1. The molecule has 1 aliphatic carbocycles. The summed E-state index contributed by atoms with van der Waals surface area (Å²) in [7, 11) is 0. The predicted octanol–water partition coefficient (Wildman–Crippen LogP) is 5.26. The van der Waals surface area contributed by atoms with Crippen molar-refractivity contribution in [3.63, 3.8) is 0 Å². The second-order valence-electron chi connectivity index (χ2n) is 6.16. The molecule has 4 rings (SSSR count). The van der Waals surface area contributed by atoms with Crippen LogP contribution >= 0.6 is 35.7 Å². The van der Waals surface area contributed by atoms with E-state index in [0.717, 1.165) is 35.2 Å². The summed E-state index contributed by atoms with van der Waals surface area (Å²) in [5.41, 5.74) is 10.4. The monoisotopic (exact) mass is 476 g/mol. The number of nitrogens with two attached hydrogens (primary N) is 1. The second kappa shape index (κ2) is 8.26. The van der Waals surface area contributed by atoms with Crippen LogP contribution in [0.3, 0.4) is 0 Å². The summed E-state index contributed by atoms with van der Waals surface area (Å²) in [5, 5.41) is 5.21. The zero-order chi connectivity index (χ0) is 17.2. The number of hydrogen-bond donors (Lipinski definition) is 2. The van der Waals surface area contributed by atoms with Gasteiger partial charge in [0.15, 0.2) is 5.17 Å². The molecule has 0 radical (unpaired) electrons. The quantitative estimate of drug-likeness (QED) is 0.308. The Bertz CT molecular complexity index is 957. The van der Waals surface area contributed by atoms with Crippen LogP contribution in [0, 0.1) is 0 Å². The van der Waals surface area contributed by atoms with Gasteiger partial charge >= 0.3 is 0 Å². The number of rotatable bonds is 3. The Hall–Kier alpha value is -1.80. The summed E-state index contributed by atoms with van der Waals surface area (Å²) < 4.78 is 0. The third kappa shape index (κ3) is 3.96. The maximum atomic E-state index is 5.79. The Morgan fingerprint density at radius 1 is 1.19 bits per heavy atom. The van der Waals surface area contributed by atoms with Crippen molar-refractivity contribution in [1.29, 1.82) is 0 Å². The molecule has 6 heteroatoms. The number of nitrogens with zero attached hydrogens (tertiary/aromatic N) is 2. The molecule has 1 aliphatic rings. The van der Waals surface area contributed by atoms with Gasteiger partial charge in [0.05, 0.1) is 17.2 Å². The van der Waals surface area contributed by atoms with E-state index in [0.29, 0.717) is 11.2 Å². The van der Waals surface area contributed by atoms with Crippen LogP contribution in [0.25, 0.3) is 10.9 Å². The number of fused-ring (bicyclic) bond motifs is 2. The summed E-state index contributed by atoms with van der Waals surface area (Å²) in [4.78, 5) is 9.13. The van der Waals surface area contributed by atoms with Gasteiger partial charge in [-0.25, -0.2) is 9.98 Å². The van der Waals surface area contributed by atoms with Crippen LogP contribution < -0.4 is 11.1 Å². The SMILES string of the molecule is CSC(N)=Nc1ccc2nc(N[C@@H]3CCc4ccccc43)ccc2c1.I. The number of aryl methyl sites for hydroxylation is 1. The fourth-order valence-electron chi connectivity index (χ4n) is 3.32. The van der Waals surface area contributed by atoms with E-state index in [-0.39, 0.29) is 24.0 Å². The first-order valence-electron chi connectivity index (χ1n) is 8.36. The number of thioether (sulfide) groups is 1. The maximum Gasteiger partial charge on any atom is 0.158 e. The van der Waals surface area contributed by atoms with E-state index >= 15 is 0 Å². The molecule has 2 aromatic carbocycles. The number of halogens is 1. The molecule has 26 heavy (non-hydrogen) atoms. The molecular formula is C20H21IN4S. The van der Waals surface area contributed by atoms with Gasteiger partial charge in [0.1, 0.15) is 5.82 Å². The van der Waals surface area contributed by atoms with E-state index in [1.165, 1.54) is 22.9 Å². The molecule has 0 bridgehead atoms. The van der Waals surface area contributed by atoms with E-state index in [9.17, 15) is 0 Å². The number of pyridine rings is 1. The number of nitrogens with one attached hydrogen (secondary N) is 1. The molecule has 134 valence electrons. The average molecular weight is 476 g/mol. The minimum atomic E-state index is 0. The lowest BCUT2D eigenvalue weighted by atomic mass is 10.1. The first kappa shape index (κ1) is 19.0. The Balaban J connectivity index is 0.00000196. The number of aromatic nitrogens is 1. The zero-order valence-corrected chi connectivity index (χ0v) is 17.6. The molecule has 0 saturated carbocycles. The Labute approximate surface area is 174 Å². The van der Waals surface area contributed by atoms with E-state index in [1.807, 2.05) is 30.5 Å². The van der Waals surface area contributed by atoms with E-state index in [2.05, 4.69) is 40.6 Å². The first-order chi connectivity index (χ1) is 12.2. The van der Waals surface area contributed by atoms with Gasteiger partial charge in [-0.3, -0.25) is 0 Å². The van der Waals surface area contributed by atoms with Crippen LogP contribution in [0.5, 0.6) is 0 Å². The highest BCUT2D eigenvalue weighted by Gasteiger charge is 2.21. The third-order valence-electron chi connectivity index (χ3n) is 4.58. The molecule has 0 unspecified atom stereocenters. The lowest BCUT2D eigenvalue weighted by molar-refractivity contribution is 0.758. The largest absolute Gasteiger partial charge is 0.378 e. The van der Waals surface area contributed by atoms with Gasteiger partial charge in [-0.2, -0.15) is 0 Å². The van der Waals surface area contributed by atoms with Crippen molar-refractivity contribution in [1.82, 2.24) is 4.98 Å². The molecule has 1 aromatic heterocycles. The van der Waals surface area contributed by atoms with Crippen molar-refractivity contribution >= 4 is 63.3 Å². The molecule has 4 nitrogen and oxygen atoms in total. The average Bonchev–Trinajstić information content (AvgIpc) is 3.05. The van der Waals surface area contributed by atoms with Crippen LogP contribution in [0.15, 0.2) is 59.6 Å². The lowest BCUT2D eigenvalue weighted by Crippen LogP contribution is -2.08. The van der Waals surface area contributed by atoms with Gasteiger partial charge in [0.25, 0.3) is 0 Å². The van der Waals surface area contributed by atoms with E-state index in [1.54, 1.807) is 0 Å². The van der Waals surface area contributed by atoms with Crippen molar-refractivity contribution in [3.8, 4) is 0 Å². The molecular weight excluding hydrogens is 455 g/mol. The summed E-state index contributed by atoms with van der Waals surface area (Å²) in [5.74, 6) is 0.911. The fourth-order valence-corrected chi connectivity index (χ4v) is 3.52. The fraction of sp³-hybridized carbons (Fsp3) is 0.200. The minimum Gasteiger partial charge on any atom is -0.378 e. The van der Waals surface area contributed by atoms with E-state index in [4.69, 9.17) is 10.7 Å². The lowest BCUT2D eigenvalue weighted by Gasteiger charge is -2.15. The minimum absolute atomic E-state index is 0. The maximum absolute atomic E-state index is 5.79. The predicted molar refractivity (Wildman–Crippen MR) is 123 cm³/mol. The number of benzene rings is 2. The number of amidine groups is 1. The van der Waals surface area contributed by atoms with Crippen LogP contribution in [0.4, 0.5) is 11.5 Å². The van der Waals surface area contributed by atoms with Crippen molar-refractivity contribution < 1.29 is 0 Å². The second-order valence-corrected chi connectivity index (χ2v) is 6.99. The summed E-state index contributed by atoms with van der Waals surface area (Å²) in [6.07, 6.45) is 4.15.